The van der Waals surface area contributed by atoms with Crippen molar-refractivity contribution in [1.82, 2.24) is 26.6 Å². The molecule has 326 valence electrons. The Kier molecular flexibility index (Phi) is 22.1. The number of carbonyl (C=O) groups is 6. The molecule has 0 aliphatic rings. The molecule has 17 nitrogen and oxygen atoms in total. The van der Waals surface area contributed by atoms with Gasteiger partial charge in [-0.15, -0.1) is 0 Å². The molecule has 0 radical (unpaired) electrons. The van der Waals surface area contributed by atoms with E-state index in [0.717, 1.165) is 11.1 Å². The van der Waals surface area contributed by atoms with Crippen LogP contribution in [0, 0.1) is 0 Å². The van der Waals surface area contributed by atoms with Crippen LogP contribution in [-0.2, 0) is 48.3 Å². The summed E-state index contributed by atoms with van der Waals surface area (Å²) in [5.41, 5.74) is 20.3. The number of carbonyl (C=O) groups excluding carboxylic acids is 6. The molecule has 17 heteroatoms. The van der Waals surface area contributed by atoms with Gasteiger partial charge < -0.3 is 58.4 Å². The Labute approximate surface area is 350 Å². The third kappa shape index (κ3) is 20.0. The lowest BCUT2D eigenvalue weighted by Crippen LogP contribution is -2.55. The molecule has 0 saturated heterocycles. The van der Waals surface area contributed by atoms with E-state index in [9.17, 15) is 33.9 Å². The molecule has 0 spiro atoms. The summed E-state index contributed by atoms with van der Waals surface area (Å²) >= 11 is 0. The normalized spacial score (nSPS) is 12.8. The Hall–Kier alpha value is -6.20. The van der Waals surface area contributed by atoms with E-state index in [0.29, 0.717) is 63.6 Å². The molecular weight excluding hydrogens is 773 g/mol. The maximum Gasteiger partial charge on any atom is 0.407 e. The Morgan fingerprint density at radius 1 is 0.517 bits per heavy atom. The fourth-order valence-electron chi connectivity index (χ4n) is 5.90. The second-order valence-corrected chi connectivity index (χ2v) is 14.4. The highest BCUT2D eigenvalue weighted by Crippen LogP contribution is 2.12. The van der Waals surface area contributed by atoms with Crippen LogP contribution < -0.4 is 43.8 Å². The van der Waals surface area contributed by atoms with E-state index < -0.39 is 54.1 Å². The van der Waals surface area contributed by atoms with Crippen molar-refractivity contribution in [2.45, 2.75) is 102 Å². The largest absolute Gasteiger partial charge is 0.508 e. The summed E-state index contributed by atoms with van der Waals surface area (Å²) in [6, 6.07) is 20.8. The van der Waals surface area contributed by atoms with Crippen LogP contribution in [0.5, 0.6) is 5.75 Å². The molecule has 0 saturated carbocycles. The fourth-order valence-corrected chi connectivity index (χ4v) is 5.90. The van der Waals surface area contributed by atoms with Crippen molar-refractivity contribution < 1.29 is 43.3 Å². The van der Waals surface area contributed by atoms with E-state index in [2.05, 4.69) is 26.6 Å². The molecule has 0 aliphatic carbocycles. The van der Waals surface area contributed by atoms with Crippen molar-refractivity contribution >= 4 is 35.8 Å². The van der Waals surface area contributed by atoms with Gasteiger partial charge in [0.2, 0.25) is 23.6 Å². The van der Waals surface area contributed by atoms with Crippen LogP contribution in [0.1, 0.15) is 74.5 Å². The predicted molar refractivity (Wildman–Crippen MR) is 225 cm³/mol. The van der Waals surface area contributed by atoms with Crippen LogP contribution in [0.2, 0.25) is 0 Å². The second-order valence-electron chi connectivity index (χ2n) is 14.4. The third-order valence-corrected chi connectivity index (χ3v) is 9.41. The predicted octanol–water partition coefficient (Wildman–Crippen LogP) is 2.52. The summed E-state index contributed by atoms with van der Waals surface area (Å²) in [7, 11) is 0. The Morgan fingerprint density at radius 2 is 0.967 bits per heavy atom. The van der Waals surface area contributed by atoms with E-state index in [-0.39, 0.29) is 50.7 Å². The fraction of sp³-hybridized carbons (Fsp3) is 0.442. The zero-order valence-corrected chi connectivity index (χ0v) is 33.9. The number of ether oxygens (including phenoxy) is 2. The van der Waals surface area contributed by atoms with Gasteiger partial charge >= 0.3 is 12.2 Å². The van der Waals surface area contributed by atoms with Crippen molar-refractivity contribution in [3.63, 3.8) is 0 Å². The summed E-state index contributed by atoms with van der Waals surface area (Å²) < 4.78 is 10.4. The summed E-state index contributed by atoms with van der Waals surface area (Å²) in [5, 5.41) is 23.1. The molecular formula is C43H60N8O9. The number of rotatable bonds is 27. The summed E-state index contributed by atoms with van der Waals surface area (Å²) in [4.78, 5) is 75.6. The van der Waals surface area contributed by atoms with Crippen molar-refractivity contribution in [3.8, 4) is 5.75 Å². The number of nitrogens with two attached hydrogens (primary N) is 3. The number of alkyl carbamates (subject to hydrolysis) is 2. The maximum atomic E-state index is 13.5. The molecule has 4 atom stereocenters. The third-order valence-electron chi connectivity index (χ3n) is 9.41. The number of amides is 6. The topological polar surface area (TPSA) is 279 Å². The molecule has 0 heterocycles. The van der Waals surface area contributed by atoms with Gasteiger partial charge in [0.15, 0.2) is 0 Å². The van der Waals surface area contributed by atoms with E-state index in [1.807, 2.05) is 60.7 Å². The molecule has 0 bridgehead atoms. The zero-order chi connectivity index (χ0) is 43.5. The number of nitrogens with one attached hydrogen (secondary N) is 5. The van der Waals surface area contributed by atoms with Gasteiger partial charge in [0.1, 0.15) is 31.0 Å². The van der Waals surface area contributed by atoms with E-state index >= 15 is 0 Å². The van der Waals surface area contributed by atoms with E-state index in [1.165, 1.54) is 12.1 Å². The van der Waals surface area contributed by atoms with Crippen LogP contribution in [0.4, 0.5) is 9.59 Å². The average Bonchev–Trinajstić information content (AvgIpc) is 3.24. The van der Waals surface area contributed by atoms with Crippen molar-refractivity contribution in [3.05, 3.63) is 102 Å². The lowest BCUT2D eigenvalue weighted by atomic mass is 10.0. The highest BCUT2D eigenvalue weighted by molar-refractivity contribution is 5.92. The maximum absolute atomic E-state index is 13.5. The molecule has 0 fully saturated rings. The zero-order valence-electron chi connectivity index (χ0n) is 33.9. The highest BCUT2D eigenvalue weighted by atomic mass is 16.6. The number of benzene rings is 3. The van der Waals surface area contributed by atoms with Gasteiger partial charge in [0, 0.05) is 26.1 Å². The first-order valence-electron chi connectivity index (χ1n) is 20.3. The molecule has 12 N–H and O–H groups in total. The van der Waals surface area contributed by atoms with E-state index in [4.69, 9.17) is 26.7 Å². The summed E-state index contributed by atoms with van der Waals surface area (Å²) in [5.74, 6) is -2.29. The van der Waals surface area contributed by atoms with Crippen LogP contribution in [0.3, 0.4) is 0 Å². The molecule has 60 heavy (non-hydrogen) atoms. The minimum atomic E-state index is -1.10. The van der Waals surface area contributed by atoms with Gasteiger partial charge in [-0.05, 0) is 86.6 Å². The van der Waals surface area contributed by atoms with Crippen molar-refractivity contribution in [2.24, 2.45) is 17.2 Å². The lowest BCUT2D eigenvalue weighted by Gasteiger charge is -2.23. The van der Waals surface area contributed by atoms with Crippen LogP contribution in [0.25, 0.3) is 0 Å². The molecule has 0 aliphatic heterocycles. The van der Waals surface area contributed by atoms with Crippen LogP contribution in [0.15, 0.2) is 84.9 Å². The summed E-state index contributed by atoms with van der Waals surface area (Å²) in [6.07, 6.45) is 2.91. The quantitative estimate of drug-likeness (QED) is 0.0504. The number of phenols is 1. The highest BCUT2D eigenvalue weighted by Gasteiger charge is 2.27. The standard InChI is InChI=1S/C43H60N8O9/c44-34(17-7-10-25-48-42(57)59-28-31-13-3-1-4-14-31)39(54)47-24-12-9-19-36(41(56)51-37(38(46)53)27-30-20-22-33(52)23-21-30)50-40(55)35(45)18-8-11-26-49-43(58)60-29-32-15-5-2-6-16-32/h1-6,13-16,20-23,34-37,52H,7-12,17-19,24-29,44-45H2,(H2,46,53)(H,47,54)(H,48,57)(H,49,58)(H,50,55)(H,51,56)/t34-,35-,36-,37-/m1/s1. The number of phenolic OH excluding ortho intramolecular Hbond substituents is 1. The number of hydrogen-bond acceptors (Lipinski definition) is 11. The molecule has 0 unspecified atom stereocenters. The Morgan fingerprint density at radius 3 is 1.47 bits per heavy atom. The van der Waals surface area contributed by atoms with Crippen LogP contribution in [-0.4, -0.2) is 84.7 Å². The molecule has 3 rings (SSSR count). The molecule has 3 aromatic rings. The smallest absolute Gasteiger partial charge is 0.407 e. The van der Waals surface area contributed by atoms with Gasteiger partial charge in [0.25, 0.3) is 0 Å². The first kappa shape index (κ1) is 48.2. The monoisotopic (exact) mass is 832 g/mol. The number of primary amides is 1. The average molecular weight is 833 g/mol. The van der Waals surface area contributed by atoms with Crippen molar-refractivity contribution in [1.29, 1.82) is 0 Å². The van der Waals surface area contributed by atoms with Crippen molar-refractivity contribution in [2.75, 3.05) is 19.6 Å². The first-order chi connectivity index (χ1) is 28.9. The SMILES string of the molecule is NC(=O)[C@@H](Cc1ccc(O)cc1)NC(=O)[C@@H](CCCCNC(=O)[C@H](N)CCCCNC(=O)OCc1ccccc1)NC(=O)[C@H](N)CCCCNC(=O)OCc1ccccc1. The number of hydrogen-bond donors (Lipinski definition) is 9. The van der Waals surface area contributed by atoms with Gasteiger partial charge in [-0.3, -0.25) is 19.2 Å². The molecule has 0 aromatic heterocycles. The minimum Gasteiger partial charge on any atom is -0.508 e. The van der Waals surface area contributed by atoms with E-state index in [1.54, 1.807) is 12.1 Å². The van der Waals surface area contributed by atoms with Gasteiger partial charge in [-0.2, -0.15) is 0 Å². The lowest BCUT2D eigenvalue weighted by molar-refractivity contribution is -0.132. The van der Waals surface area contributed by atoms with Gasteiger partial charge in [-0.1, -0.05) is 72.8 Å². The molecule has 3 aromatic carbocycles. The minimum absolute atomic E-state index is 0.0386. The van der Waals surface area contributed by atoms with Crippen LogP contribution >= 0.6 is 0 Å². The number of unbranched alkanes of at least 4 members (excludes halogenated alkanes) is 3. The first-order valence-corrected chi connectivity index (χ1v) is 20.3. The number of aromatic hydroxyl groups is 1. The Balaban J connectivity index is 1.41. The summed E-state index contributed by atoms with van der Waals surface area (Å²) in [6.45, 7) is 1.27. The van der Waals surface area contributed by atoms with Gasteiger partial charge in [-0.25, -0.2) is 9.59 Å². The Bertz CT molecular complexity index is 1770. The van der Waals surface area contributed by atoms with Gasteiger partial charge in [0.05, 0.1) is 12.1 Å². The second kappa shape index (κ2) is 27.5. The molecule has 6 amide bonds.